The standard InChI is InChI=1S/C10H14.CH5NS/c1-8(2)10-6-4-5-9(3)7-10;1-2-3/h4-8H,1-3H3;2-3H,1H3. The molecule has 1 aromatic carbocycles. The number of thiol groups is 1. The monoisotopic (exact) mass is 197 g/mol. The molecule has 0 aliphatic heterocycles. The first kappa shape index (κ1) is 12.5. The number of rotatable bonds is 1. The largest absolute Gasteiger partial charge is 0.270 e. The van der Waals surface area contributed by atoms with E-state index in [1.165, 1.54) is 11.1 Å². The van der Waals surface area contributed by atoms with Gasteiger partial charge in [-0.25, -0.2) is 0 Å². The smallest absolute Gasteiger partial charge is 0.00587 e. The van der Waals surface area contributed by atoms with Gasteiger partial charge in [0.1, 0.15) is 0 Å². The highest BCUT2D eigenvalue weighted by Crippen LogP contribution is 2.14. The maximum Gasteiger partial charge on any atom is -0.00587 e. The summed E-state index contributed by atoms with van der Waals surface area (Å²) in [5.41, 5.74) is 2.78. The lowest BCUT2D eigenvalue weighted by Crippen LogP contribution is -1.86. The van der Waals surface area contributed by atoms with Gasteiger partial charge in [0.15, 0.2) is 0 Å². The molecule has 0 aliphatic carbocycles. The summed E-state index contributed by atoms with van der Waals surface area (Å²) in [5.74, 6) is 0.653. The molecule has 0 saturated heterocycles. The quantitative estimate of drug-likeness (QED) is 0.659. The second-order valence-electron chi connectivity index (χ2n) is 3.29. The highest BCUT2D eigenvalue weighted by molar-refractivity contribution is 7.78. The first-order valence-corrected chi connectivity index (χ1v) is 4.94. The second-order valence-corrected chi connectivity index (χ2v) is 3.74. The van der Waals surface area contributed by atoms with E-state index in [4.69, 9.17) is 0 Å². The topological polar surface area (TPSA) is 12.0 Å². The molecule has 0 amide bonds. The van der Waals surface area contributed by atoms with E-state index in [1.807, 2.05) is 0 Å². The van der Waals surface area contributed by atoms with Crippen molar-refractivity contribution in [1.29, 1.82) is 0 Å². The molecule has 0 spiro atoms. The number of hydrogen-bond acceptors (Lipinski definition) is 2. The van der Waals surface area contributed by atoms with Crippen molar-refractivity contribution in [3.8, 4) is 0 Å². The van der Waals surface area contributed by atoms with Crippen molar-refractivity contribution < 1.29 is 0 Å². The summed E-state index contributed by atoms with van der Waals surface area (Å²) in [4.78, 5) is 0. The molecule has 0 heterocycles. The molecule has 0 aromatic heterocycles. The highest BCUT2D eigenvalue weighted by atomic mass is 32.1. The summed E-state index contributed by atoms with van der Waals surface area (Å²) in [6.45, 7) is 6.56. The zero-order valence-corrected chi connectivity index (χ0v) is 9.73. The SMILES string of the molecule is CNS.Cc1cccc(C(C)C)c1. The Balaban J connectivity index is 0.000000424. The predicted molar refractivity (Wildman–Crippen MR) is 63.3 cm³/mol. The minimum Gasteiger partial charge on any atom is -0.270 e. The fourth-order valence-electron chi connectivity index (χ4n) is 1.03. The van der Waals surface area contributed by atoms with Crippen molar-refractivity contribution in [2.24, 2.45) is 0 Å². The Labute approximate surface area is 87.1 Å². The van der Waals surface area contributed by atoms with Crippen LogP contribution in [0.4, 0.5) is 0 Å². The summed E-state index contributed by atoms with van der Waals surface area (Å²) < 4.78 is 2.44. The van der Waals surface area contributed by atoms with Gasteiger partial charge in [-0.15, -0.1) is 0 Å². The minimum absolute atomic E-state index is 0.653. The third-order valence-corrected chi connectivity index (χ3v) is 1.71. The van der Waals surface area contributed by atoms with E-state index in [0.29, 0.717) is 5.92 Å². The zero-order valence-electron chi connectivity index (χ0n) is 8.83. The van der Waals surface area contributed by atoms with Gasteiger partial charge in [-0.2, -0.15) is 0 Å². The van der Waals surface area contributed by atoms with Gasteiger partial charge in [-0.3, -0.25) is 4.72 Å². The van der Waals surface area contributed by atoms with Crippen molar-refractivity contribution in [2.75, 3.05) is 7.05 Å². The van der Waals surface area contributed by atoms with E-state index in [0.717, 1.165) is 0 Å². The molecule has 1 nitrogen and oxygen atoms in total. The lowest BCUT2D eigenvalue weighted by atomic mass is 10.0. The third-order valence-electron chi connectivity index (χ3n) is 1.71. The Morgan fingerprint density at radius 1 is 1.31 bits per heavy atom. The number of aryl methyl sites for hydroxylation is 1. The third kappa shape index (κ3) is 5.72. The van der Waals surface area contributed by atoms with E-state index in [1.54, 1.807) is 7.05 Å². The Bertz CT molecular complexity index is 233. The first-order valence-electron chi connectivity index (χ1n) is 4.49. The molecule has 0 fully saturated rings. The van der Waals surface area contributed by atoms with Gasteiger partial charge in [-0.05, 0) is 25.5 Å². The molecule has 2 heteroatoms. The summed E-state index contributed by atoms with van der Waals surface area (Å²) in [6.07, 6.45) is 0. The van der Waals surface area contributed by atoms with E-state index in [9.17, 15) is 0 Å². The molecule has 1 aromatic rings. The van der Waals surface area contributed by atoms with Crippen LogP contribution in [0.25, 0.3) is 0 Å². The first-order chi connectivity index (χ1) is 6.11. The average Bonchev–Trinajstić information content (AvgIpc) is 2.05. The molecule has 0 radical (unpaired) electrons. The summed E-state index contributed by atoms with van der Waals surface area (Å²) in [6, 6.07) is 8.67. The average molecular weight is 197 g/mol. The Kier molecular flexibility index (Phi) is 6.73. The summed E-state index contributed by atoms with van der Waals surface area (Å²) >= 11 is 3.54. The van der Waals surface area contributed by atoms with Crippen molar-refractivity contribution in [2.45, 2.75) is 26.7 Å². The molecule has 0 aliphatic rings. The number of benzene rings is 1. The maximum absolute atomic E-state index is 3.54. The lowest BCUT2D eigenvalue weighted by molar-refractivity contribution is 0.865. The second kappa shape index (κ2) is 6.98. The summed E-state index contributed by atoms with van der Waals surface area (Å²) in [7, 11) is 1.74. The molecule has 1 N–H and O–H groups in total. The van der Waals surface area contributed by atoms with Crippen LogP contribution in [0.5, 0.6) is 0 Å². The van der Waals surface area contributed by atoms with Crippen LogP contribution in [0.2, 0.25) is 0 Å². The van der Waals surface area contributed by atoms with Crippen molar-refractivity contribution >= 4 is 12.8 Å². The summed E-state index contributed by atoms with van der Waals surface area (Å²) in [5, 5.41) is 0. The van der Waals surface area contributed by atoms with Gasteiger partial charge in [0, 0.05) is 0 Å². The fourth-order valence-corrected chi connectivity index (χ4v) is 1.03. The van der Waals surface area contributed by atoms with Gasteiger partial charge in [0.2, 0.25) is 0 Å². The zero-order chi connectivity index (χ0) is 10.3. The van der Waals surface area contributed by atoms with E-state index >= 15 is 0 Å². The normalized spacial score (nSPS) is 9.38. The van der Waals surface area contributed by atoms with E-state index in [-0.39, 0.29) is 0 Å². The Morgan fingerprint density at radius 3 is 2.15 bits per heavy atom. The van der Waals surface area contributed by atoms with Crippen LogP contribution in [0, 0.1) is 6.92 Å². The number of hydrogen-bond donors (Lipinski definition) is 2. The maximum atomic E-state index is 3.54. The molecular weight excluding hydrogens is 178 g/mol. The molecule has 0 atom stereocenters. The van der Waals surface area contributed by atoms with E-state index in [2.05, 4.69) is 62.6 Å². The Morgan fingerprint density at radius 2 is 1.85 bits per heavy atom. The van der Waals surface area contributed by atoms with Crippen LogP contribution < -0.4 is 4.72 Å². The lowest BCUT2D eigenvalue weighted by Gasteiger charge is -2.04. The van der Waals surface area contributed by atoms with Crippen LogP contribution in [-0.4, -0.2) is 7.05 Å². The van der Waals surface area contributed by atoms with E-state index < -0.39 is 0 Å². The molecule has 74 valence electrons. The molecular formula is C11H19NS. The number of nitrogens with one attached hydrogen (secondary N) is 1. The fraction of sp³-hybridized carbons (Fsp3) is 0.455. The van der Waals surface area contributed by atoms with Crippen LogP contribution >= 0.6 is 12.8 Å². The van der Waals surface area contributed by atoms with Gasteiger partial charge in [0.25, 0.3) is 0 Å². The highest BCUT2D eigenvalue weighted by Gasteiger charge is 1.96. The molecule has 13 heavy (non-hydrogen) atoms. The van der Waals surface area contributed by atoms with Crippen LogP contribution in [0.15, 0.2) is 24.3 Å². The van der Waals surface area contributed by atoms with Gasteiger partial charge in [0.05, 0.1) is 0 Å². The van der Waals surface area contributed by atoms with Crippen LogP contribution in [0.1, 0.15) is 30.9 Å². The van der Waals surface area contributed by atoms with Gasteiger partial charge in [-0.1, -0.05) is 56.5 Å². The molecule has 0 saturated carbocycles. The van der Waals surface area contributed by atoms with Crippen molar-refractivity contribution in [3.05, 3.63) is 35.4 Å². The minimum atomic E-state index is 0.653. The van der Waals surface area contributed by atoms with Crippen molar-refractivity contribution in [3.63, 3.8) is 0 Å². The molecule has 0 unspecified atom stereocenters. The van der Waals surface area contributed by atoms with Crippen LogP contribution in [0.3, 0.4) is 0 Å². The van der Waals surface area contributed by atoms with Crippen molar-refractivity contribution in [1.82, 2.24) is 4.72 Å². The van der Waals surface area contributed by atoms with Crippen LogP contribution in [-0.2, 0) is 0 Å². The van der Waals surface area contributed by atoms with Gasteiger partial charge >= 0.3 is 0 Å². The predicted octanol–water partition coefficient (Wildman–Crippen LogP) is 3.17. The molecule has 1 rings (SSSR count). The molecule has 0 bridgehead atoms. The Hall–Kier alpha value is -0.470. The van der Waals surface area contributed by atoms with Gasteiger partial charge < -0.3 is 0 Å².